The molecule has 2 N–H and O–H groups in total. The van der Waals surface area contributed by atoms with E-state index in [-0.39, 0.29) is 24.0 Å². The molecule has 5 heteroatoms. The summed E-state index contributed by atoms with van der Waals surface area (Å²) in [4.78, 5) is 11.1. The van der Waals surface area contributed by atoms with Crippen LogP contribution in [0.25, 0.3) is 0 Å². The van der Waals surface area contributed by atoms with Crippen molar-refractivity contribution in [1.29, 1.82) is 0 Å². The summed E-state index contributed by atoms with van der Waals surface area (Å²) in [5, 5.41) is 30.9. The largest absolute Gasteiger partial charge is 0.872 e. The van der Waals surface area contributed by atoms with Gasteiger partial charge < -0.3 is 19.7 Å². The molecule has 2 unspecified atom stereocenters. The lowest BCUT2D eigenvalue weighted by Crippen LogP contribution is -2.13. The maximum absolute atomic E-state index is 11.2. The molecule has 2 atom stereocenters. The van der Waals surface area contributed by atoms with E-state index in [1.165, 1.54) is 18.9 Å². The van der Waals surface area contributed by atoms with Crippen LogP contribution in [0.15, 0.2) is 21.3 Å². The summed E-state index contributed by atoms with van der Waals surface area (Å²) in [5.41, 5.74) is -0.670. The number of rotatable bonds is 12. The van der Waals surface area contributed by atoms with Crippen LogP contribution in [-0.4, -0.2) is 22.4 Å². The summed E-state index contributed by atoms with van der Waals surface area (Å²) in [6.45, 7) is 2.15. The molecule has 132 valence electrons. The summed E-state index contributed by atoms with van der Waals surface area (Å²) in [5.74, 6) is -0.151. The normalized spacial score (nSPS) is 13.9. The summed E-state index contributed by atoms with van der Waals surface area (Å²) in [6, 6.07) is 2.14. The molecule has 5 nitrogen and oxygen atoms in total. The Bertz CT molecular complexity index is 483. The van der Waals surface area contributed by atoms with Gasteiger partial charge in [0.15, 0.2) is 0 Å². The maximum atomic E-state index is 11.2. The van der Waals surface area contributed by atoms with E-state index < -0.39 is 11.7 Å². The second kappa shape index (κ2) is 11.2. The van der Waals surface area contributed by atoms with Gasteiger partial charge in [-0.3, -0.25) is 0 Å². The molecule has 23 heavy (non-hydrogen) atoms. The van der Waals surface area contributed by atoms with Gasteiger partial charge in [0.25, 0.3) is 0 Å². The Morgan fingerprint density at radius 2 is 1.61 bits per heavy atom. The van der Waals surface area contributed by atoms with Crippen molar-refractivity contribution in [3.63, 3.8) is 0 Å². The number of unbranched alkanes of at least 4 members (excludes halogenated alkanes) is 4. The van der Waals surface area contributed by atoms with Gasteiger partial charge in [0, 0.05) is 12.5 Å². The third-order valence-electron chi connectivity index (χ3n) is 3.95. The Kier molecular flexibility index (Phi) is 9.64. The third kappa shape index (κ3) is 9.41. The molecule has 0 spiro atoms. The third-order valence-corrected chi connectivity index (χ3v) is 3.95. The van der Waals surface area contributed by atoms with Crippen LogP contribution < -0.4 is 10.7 Å². The highest BCUT2D eigenvalue weighted by atomic mass is 16.4. The zero-order chi connectivity index (χ0) is 17.1. The lowest BCUT2D eigenvalue weighted by atomic mass is 10.0. The minimum absolute atomic E-state index is 0.185. The van der Waals surface area contributed by atoms with Gasteiger partial charge in [-0.05, 0) is 25.3 Å². The molecule has 0 aliphatic rings. The Morgan fingerprint density at radius 3 is 2.22 bits per heavy atom. The Hall–Kier alpha value is -1.33. The Labute approximate surface area is 138 Å². The van der Waals surface area contributed by atoms with Crippen LogP contribution in [0.1, 0.15) is 70.5 Å². The standard InChI is InChI=1S/C18H30O5/c1-2-3-5-8-14(19)9-6-4-7-10-15(20)11-17-12-16(21)13-18(22)23-17/h12-15,19-21H,2-11H2,1H3/p-1. The van der Waals surface area contributed by atoms with Crippen molar-refractivity contribution in [1.82, 2.24) is 0 Å². The fraction of sp³-hybridized carbons (Fsp3) is 0.722. The highest BCUT2D eigenvalue weighted by Gasteiger charge is 2.09. The predicted molar refractivity (Wildman–Crippen MR) is 87.4 cm³/mol. The van der Waals surface area contributed by atoms with Gasteiger partial charge >= 0.3 is 5.63 Å². The molecule has 1 aromatic rings. The first-order valence-corrected chi connectivity index (χ1v) is 8.68. The van der Waals surface area contributed by atoms with E-state index in [1.54, 1.807) is 0 Å². The molecule has 0 saturated carbocycles. The quantitative estimate of drug-likeness (QED) is 0.576. The van der Waals surface area contributed by atoms with Gasteiger partial charge in [0.05, 0.1) is 12.2 Å². The average Bonchev–Trinajstić information content (AvgIpc) is 2.46. The van der Waals surface area contributed by atoms with Gasteiger partial charge in [-0.2, -0.15) is 0 Å². The van der Waals surface area contributed by atoms with Crippen molar-refractivity contribution in [2.24, 2.45) is 0 Å². The van der Waals surface area contributed by atoms with Crippen LogP contribution in [0.5, 0.6) is 5.75 Å². The highest BCUT2D eigenvalue weighted by Crippen LogP contribution is 2.14. The van der Waals surface area contributed by atoms with Crippen molar-refractivity contribution in [3.05, 3.63) is 28.3 Å². The second-order valence-corrected chi connectivity index (χ2v) is 6.22. The summed E-state index contributed by atoms with van der Waals surface area (Å²) >= 11 is 0. The number of aliphatic hydroxyl groups excluding tert-OH is 2. The van der Waals surface area contributed by atoms with Crippen molar-refractivity contribution in [2.75, 3.05) is 0 Å². The van der Waals surface area contributed by atoms with E-state index in [1.807, 2.05) is 0 Å². The Morgan fingerprint density at radius 1 is 1.00 bits per heavy atom. The topological polar surface area (TPSA) is 93.7 Å². The van der Waals surface area contributed by atoms with Crippen molar-refractivity contribution >= 4 is 0 Å². The maximum Gasteiger partial charge on any atom is 0.335 e. The Balaban J connectivity index is 2.12. The van der Waals surface area contributed by atoms with Gasteiger partial charge in [-0.25, -0.2) is 4.79 Å². The van der Waals surface area contributed by atoms with Crippen LogP contribution in [-0.2, 0) is 6.42 Å². The molecule has 0 bridgehead atoms. The zero-order valence-electron chi connectivity index (χ0n) is 14.0. The van der Waals surface area contributed by atoms with Crippen LogP contribution in [0.2, 0.25) is 0 Å². The van der Waals surface area contributed by atoms with E-state index in [0.717, 1.165) is 44.6 Å². The van der Waals surface area contributed by atoms with Crippen LogP contribution >= 0.6 is 0 Å². The number of aliphatic hydroxyl groups is 2. The van der Waals surface area contributed by atoms with Gasteiger partial charge in [0.1, 0.15) is 5.76 Å². The van der Waals surface area contributed by atoms with E-state index in [2.05, 4.69) is 6.92 Å². The molecule has 0 fully saturated rings. The summed E-state index contributed by atoms with van der Waals surface area (Å²) in [7, 11) is 0. The molecular weight excluding hydrogens is 296 g/mol. The first-order valence-electron chi connectivity index (χ1n) is 8.68. The first-order chi connectivity index (χ1) is 11.0. The molecular formula is C18H29O5-. The molecule has 0 saturated heterocycles. The first kappa shape index (κ1) is 19.7. The smallest absolute Gasteiger partial charge is 0.335 e. The molecule has 0 aliphatic carbocycles. The van der Waals surface area contributed by atoms with Crippen molar-refractivity contribution < 1.29 is 19.7 Å². The van der Waals surface area contributed by atoms with Gasteiger partial charge in [-0.1, -0.05) is 51.2 Å². The van der Waals surface area contributed by atoms with E-state index in [4.69, 9.17) is 4.42 Å². The minimum atomic E-state index is -0.670. The predicted octanol–water partition coefficient (Wildman–Crippen LogP) is 2.51. The van der Waals surface area contributed by atoms with E-state index in [9.17, 15) is 20.1 Å². The molecule has 1 aromatic heterocycles. The van der Waals surface area contributed by atoms with Crippen LogP contribution in [0, 0.1) is 0 Å². The molecule has 0 radical (unpaired) electrons. The van der Waals surface area contributed by atoms with Crippen LogP contribution in [0.3, 0.4) is 0 Å². The van der Waals surface area contributed by atoms with Crippen molar-refractivity contribution in [3.8, 4) is 5.75 Å². The molecule has 1 rings (SSSR count). The molecule has 1 heterocycles. The average molecular weight is 325 g/mol. The fourth-order valence-corrected chi connectivity index (χ4v) is 2.65. The number of hydrogen-bond donors (Lipinski definition) is 2. The second-order valence-electron chi connectivity index (χ2n) is 6.22. The fourth-order valence-electron chi connectivity index (χ4n) is 2.65. The van der Waals surface area contributed by atoms with Gasteiger partial charge in [-0.15, -0.1) is 0 Å². The SMILES string of the molecule is CCCCCC(O)CCCCCC(O)Cc1cc([O-])cc(=O)o1. The molecule has 0 aliphatic heterocycles. The lowest BCUT2D eigenvalue weighted by Gasteiger charge is -2.12. The summed E-state index contributed by atoms with van der Waals surface area (Å²) in [6.07, 6.45) is 7.82. The minimum Gasteiger partial charge on any atom is -0.872 e. The summed E-state index contributed by atoms with van der Waals surface area (Å²) < 4.78 is 4.89. The van der Waals surface area contributed by atoms with Crippen molar-refractivity contribution in [2.45, 2.75) is 83.3 Å². The zero-order valence-corrected chi connectivity index (χ0v) is 14.0. The molecule has 0 amide bonds. The van der Waals surface area contributed by atoms with Crippen LogP contribution in [0.4, 0.5) is 0 Å². The highest BCUT2D eigenvalue weighted by molar-refractivity contribution is 5.17. The van der Waals surface area contributed by atoms with Gasteiger partial charge in [0.2, 0.25) is 0 Å². The number of hydrogen-bond acceptors (Lipinski definition) is 5. The lowest BCUT2D eigenvalue weighted by molar-refractivity contribution is -0.268. The molecule has 0 aromatic carbocycles. The van der Waals surface area contributed by atoms with E-state index >= 15 is 0 Å². The van der Waals surface area contributed by atoms with E-state index in [0.29, 0.717) is 6.42 Å². The monoisotopic (exact) mass is 325 g/mol.